The number of benzene rings is 3. The van der Waals surface area contributed by atoms with Gasteiger partial charge in [-0.25, -0.2) is 0 Å². The third-order valence-corrected chi connectivity index (χ3v) is 12.5. The summed E-state index contributed by atoms with van der Waals surface area (Å²) in [6.45, 7) is 4.42. The van der Waals surface area contributed by atoms with Crippen molar-refractivity contribution in [2.75, 3.05) is 0 Å². The first-order valence-corrected chi connectivity index (χ1v) is 20.1. The van der Waals surface area contributed by atoms with E-state index in [1.807, 2.05) is 0 Å². The summed E-state index contributed by atoms with van der Waals surface area (Å²) in [6, 6.07) is 26.2. The third kappa shape index (κ3) is 6.33. The number of hydrogen-bond donors (Lipinski definition) is 2. The molecule has 2 heterocycles. The molecule has 0 spiro atoms. The van der Waals surface area contributed by atoms with Crippen LogP contribution in [0.1, 0.15) is 105 Å². The Kier molecular flexibility index (Phi) is 10.3. The fourth-order valence-corrected chi connectivity index (χ4v) is 9.71. The highest BCUT2D eigenvalue weighted by Gasteiger charge is 2.38. The van der Waals surface area contributed by atoms with Crippen LogP contribution in [-0.4, -0.2) is 0 Å². The first-order chi connectivity index (χ1) is 25.0. The van der Waals surface area contributed by atoms with Gasteiger partial charge in [0.05, 0.1) is 0 Å². The van der Waals surface area contributed by atoms with Crippen LogP contribution in [0.5, 0.6) is 0 Å². The summed E-state index contributed by atoms with van der Waals surface area (Å²) in [5, 5.41) is 24.8. The van der Waals surface area contributed by atoms with Gasteiger partial charge in [0.15, 0.2) is 0 Å². The van der Waals surface area contributed by atoms with E-state index in [1.165, 1.54) is 66.7 Å². The molecule has 3 aromatic carbocycles. The second kappa shape index (κ2) is 15.2. The van der Waals surface area contributed by atoms with Gasteiger partial charge in [-0.2, -0.15) is 10.5 Å². The Morgan fingerprint density at radius 1 is 0.588 bits per heavy atom. The Labute approximate surface area is 310 Å². The van der Waals surface area contributed by atoms with Gasteiger partial charge < -0.3 is 11.5 Å². The lowest BCUT2D eigenvalue weighted by Crippen LogP contribution is -2.06. The average Bonchev–Trinajstić information content (AvgIpc) is 3.98. The largest absolute Gasteiger partial charge is 0.390 e. The van der Waals surface area contributed by atoms with Gasteiger partial charge in [0.25, 0.3) is 0 Å². The van der Waals surface area contributed by atoms with Crippen molar-refractivity contribution >= 4 is 33.8 Å². The maximum atomic E-state index is 10.4. The fourth-order valence-electron chi connectivity index (χ4n) is 8.26. The summed E-state index contributed by atoms with van der Waals surface area (Å²) in [7, 11) is 0. The molecule has 2 aliphatic rings. The summed E-state index contributed by atoms with van der Waals surface area (Å²) in [5.74, 6) is 0. The number of nitrogens with two attached hydrogens (primary N) is 2. The van der Waals surface area contributed by atoms with Crippen LogP contribution in [0.2, 0.25) is 0 Å². The van der Waals surface area contributed by atoms with Gasteiger partial charge in [0, 0.05) is 20.9 Å². The minimum absolute atomic E-state index is 0.227. The number of allylic oxidation sites excluding steroid dienone is 2. The molecule has 0 bridgehead atoms. The number of nitrogens with zero attached hydrogens (tertiary/aromatic N) is 2. The van der Waals surface area contributed by atoms with Crippen LogP contribution < -0.4 is 11.5 Å². The minimum Gasteiger partial charge on any atom is -0.390 e. The summed E-state index contributed by atoms with van der Waals surface area (Å²) in [5.41, 5.74) is 28.5. The zero-order valence-electron chi connectivity index (χ0n) is 29.6. The van der Waals surface area contributed by atoms with Crippen LogP contribution in [0.3, 0.4) is 0 Å². The van der Waals surface area contributed by atoms with E-state index in [2.05, 4.69) is 97.4 Å². The molecule has 0 saturated carbocycles. The van der Waals surface area contributed by atoms with Crippen molar-refractivity contribution in [3.63, 3.8) is 0 Å². The normalized spacial score (nSPS) is 14.4. The molecule has 6 heteroatoms. The maximum Gasteiger partial charge on any atom is 0.119 e. The highest BCUT2D eigenvalue weighted by Crippen LogP contribution is 2.58. The van der Waals surface area contributed by atoms with E-state index < -0.39 is 0 Å². The van der Waals surface area contributed by atoms with Crippen LogP contribution >= 0.6 is 22.7 Å². The monoisotopic (exact) mass is 704 g/mol. The van der Waals surface area contributed by atoms with Gasteiger partial charge >= 0.3 is 0 Å². The molecular formula is C45H44N4S2. The van der Waals surface area contributed by atoms with E-state index >= 15 is 0 Å². The van der Waals surface area contributed by atoms with Crippen molar-refractivity contribution in [2.45, 2.75) is 84.5 Å². The van der Waals surface area contributed by atoms with Gasteiger partial charge in [0.1, 0.15) is 23.5 Å². The number of rotatable bonds is 13. The molecule has 5 aromatic rings. The Morgan fingerprint density at radius 2 is 1.08 bits per heavy atom. The molecule has 0 saturated heterocycles. The van der Waals surface area contributed by atoms with Gasteiger partial charge in [-0.1, -0.05) is 101 Å². The quantitative estimate of drug-likeness (QED) is 0.0921. The molecule has 0 radical (unpaired) electrons. The fraction of sp³-hybridized carbons (Fsp3) is 0.289. The number of nitriles is 2. The zero-order chi connectivity index (χ0) is 35.5. The molecule has 0 aliphatic heterocycles. The van der Waals surface area contributed by atoms with Crippen LogP contribution in [0, 0.1) is 29.6 Å². The Bertz CT molecular complexity index is 2240. The summed E-state index contributed by atoms with van der Waals surface area (Å²) >= 11 is 3.41. The lowest BCUT2D eigenvalue weighted by atomic mass is 9.83. The maximum absolute atomic E-state index is 10.4. The molecule has 4 nitrogen and oxygen atoms in total. The number of fused-ring (bicyclic) bond motifs is 6. The summed E-state index contributed by atoms with van der Waals surface area (Å²) in [4.78, 5) is 2.35. The van der Waals surface area contributed by atoms with Crippen molar-refractivity contribution in [2.24, 2.45) is 11.5 Å². The number of thiophene rings is 2. The molecule has 4 N–H and O–H groups in total. The smallest absolute Gasteiger partial charge is 0.119 e. The zero-order valence-corrected chi connectivity index (χ0v) is 31.2. The van der Waals surface area contributed by atoms with Crippen LogP contribution in [0.15, 0.2) is 82.8 Å². The van der Waals surface area contributed by atoms with Gasteiger partial charge in [0.2, 0.25) is 0 Å². The standard InChI is InChI=1S/C45H44N4S2/c1-3-4-5-6-7-8-9-10-11-12-15-33-42-32-21-19-30(39-17-14-23-51-39)25-35(32)43(36(48)26-46)41(42)28(2)40-31-20-18-29(38-16-13-22-50-38)24-34(31)44(45(33)40)37(49)27-47/h13-14,16-25H,3-12,15,48-49H2,1-2H3/b43-36+,44-37+. The van der Waals surface area contributed by atoms with Crippen molar-refractivity contribution in [1.82, 2.24) is 0 Å². The molecule has 256 valence electrons. The van der Waals surface area contributed by atoms with Crippen LogP contribution in [0.25, 0.3) is 54.3 Å². The predicted octanol–water partition coefficient (Wildman–Crippen LogP) is 12.4. The van der Waals surface area contributed by atoms with Gasteiger partial charge in [-0.05, 0) is 122 Å². The Hall–Kier alpha value is -4.88. The van der Waals surface area contributed by atoms with Crippen molar-refractivity contribution in [1.29, 1.82) is 10.5 Å². The predicted molar refractivity (Wildman–Crippen MR) is 216 cm³/mol. The topological polar surface area (TPSA) is 99.6 Å². The second-order valence-corrected chi connectivity index (χ2v) is 15.7. The molecule has 2 aliphatic carbocycles. The SMILES string of the molecule is CCCCCCCCCCCCc1c2c(c(C)c3c1-c1ccc(-c4cccs4)cc1/C3=C(\N)C#N)-c1ccc(-c3cccs3)cc1/C2=C(\N)C#N. The Balaban J connectivity index is 1.38. The summed E-state index contributed by atoms with van der Waals surface area (Å²) in [6.07, 6.45) is 13.4. The molecule has 0 atom stereocenters. The molecule has 51 heavy (non-hydrogen) atoms. The highest BCUT2D eigenvalue weighted by molar-refractivity contribution is 7.13. The van der Waals surface area contributed by atoms with Crippen molar-refractivity contribution in [3.8, 4) is 55.3 Å². The van der Waals surface area contributed by atoms with Crippen molar-refractivity contribution in [3.05, 3.63) is 116 Å². The van der Waals surface area contributed by atoms with Crippen molar-refractivity contribution < 1.29 is 0 Å². The van der Waals surface area contributed by atoms with E-state index in [-0.39, 0.29) is 11.4 Å². The molecule has 0 amide bonds. The van der Waals surface area contributed by atoms with Gasteiger partial charge in [-0.3, -0.25) is 0 Å². The second-order valence-electron chi connectivity index (χ2n) is 13.8. The van der Waals surface area contributed by atoms with E-state index in [4.69, 9.17) is 11.5 Å². The first-order valence-electron chi connectivity index (χ1n) is 18.4. The summed E-state index contributed by atoms with van der Waals surface area (Å²) < 4.78 is 0. The highest BCUT2D eigenvalue weighted by atomic mass is 32.1. The van der Waals surface area contributed by atoms with Crippen LogP contribution in [0.4, 0.5) is 0 Å². The molecule has 7 rings (SSSR count). The number of hydrogen-bond acceptors (Lipinski definition) is 6. The van der Waals surface area contributed by atoms with E-state index in [9.17, 15) is 10.5 Å². The van der Waals surface area contributed by atoms with Crippen LogP contribution in [-0.2, 0) is 6.42 Å². The first kappa shape index (κ1) is 34.6. The lowest BCUT2D eigenvalue weighted by Gasteiger charge is -2.20. The third-order valence-electron chi connectivity index (χ3n) is 10.6. The number of unbranched alkanes of at least 4 members (excludes halogenated alkanes) is 9. The van der Waals surface area contributed by atoms with E-state index in [0.29, 0.717) is 0 Å². The molecular weight excluding hydrogens is 661 g/mol. The van der Waals surface area contributed by atoms with Gasteiger partial charge in [-0.15, -0.1) is 22.7 Å². The van der Waals surface area contributed by atoms with E-state index in [0.717, 1.165) is 91.6 Å². The molecule has 0 fully saturated rings. The average molecular weight is 705 g/mol. The Morgan fingerprint density at radius 3 is 1.57 bits per heavy atom. The molecule has 2 aromatic heterocycles. The lowest BCUT2D eigenvalue weighted by molar-refractivity contribution is 0.556. The van der Waals surface area contributed by atoms with E-state index in [1.54, 1.807) is 22.7 Å². The molecule has 0 unspecified atom stereocenters. The minimum atomic E-state index is 0.227.